The van der Waals surface area contributed by atoms with Crippen LogP contribution in [0.2, 0.25) is 0 Å². The molecular weight excluding hydrogens is 526 g/mol. The third-order valence-electron chi connectivity index (χ3n) is 10.4. The van der Waals surface area contributed by atoms with Gasteiger partial charge in [-0.15, -0.1) is 0 Å². The summed E-state index contributed by atoms with van der Waals surface area (Å²) in [5, 5.41) is 5.59. The standard InChI is InChI=1S/C35H49N3O4/c1-7-28(40)27-19-35-16-14-30(41)34(5,6)15-10-8-9-11-25-17-24(13-12-22(2)3)18-26-32(23(4)39)36-37(33(25)26)21-31(42)38(27)29(35)20-35/h17-18,22,27,29H,7-16,19-21H2,1-6H3/t27-,29+,35-/m0/s1. The lowest BCUT2D eigenvalue weighted by atomic mass is 9.79. The maximum absolute atomic E-state index is 14.1. The molecule has 3 atom stereocenters. The third kappa shape index (κ3) is 5.85. The van der Waals surface area contributed by atoms with E-state index in [0.29, 0.717) is 36.7 Å². The number of carbonyl (C=O) groups excluding carboxylic acids is 4. The highest BCUT2D eigenvalue weighted by Gasteiger charge is 2.66. The highest BCUT2D eigenvalue weighted by atomic mass is 16.2. The monoisotopic (exact) mass is 575 g/mol. The molecule has 7 nitrogen and oxygen atoms in total. The summed E-state index contributed by atoms with van der Waals surface area (Å²) in [6.07, 6.45) is 9.75. The summed E-state index contributed by atoms with van der Waals surface area (Å²) in [5.41, 5.74) is 3.11. The van der Waals surface area contributed by atoms with Crippen molar-refractivity contribution in [2.24, 2.45) is 16.7 Å². The van der Waals surface area contributed by atoms with E-state index in [1.807, 2.05) is 11.8 Å². The van der Waals surface area contributed by atoms with E-state index in [1.165, 1.54) is 5.56 Å². The van der Waals surface area contributed by atoms with Crippen molar-refractivity contribution < 1.29 is 19.2 Å². The SMILES string of the molecule is CCC(=O)[C@@H]1C[C@]23CCC(=O)C(C)(C)CCCCCc4cc(CCC(C)C)cc5c(C(C)=O)nn(c45)CC(=O)N1[C@@H]2C3. The number of aryl methyl sites for hydroxylation is 2. The maximum atomic E-state index is 14.1. The number of aromatic nitrogens is 2. The molecule has 2 fully saturated rings. The van der Waals surface area contributed by atoms with E-state index < -0.39 is 6.04 Å². The van der Waals surface area contributed by atoms with Gasteiger partial charge in [0.2, 0.25) is 5.91 Å². The molecule has 1 aromatic heterocycles. The molecule has 42 heavy (non-hydrogen) atoms. The number of amides is 1. The molecule has 3 heterocycles. The number of Topliss-reactive ketones (excluding diaryl/α,β-unsaturated/α-hetero) is 3. The number of hydrogen-bond donors (Lipinski definition) is 0. The molecule has 1 amide bonds. The Morgan fingerprint density at radius 3 is 2.50 bits per heavy atom. The molecule has 5 rings (SSSR count). The Hall–Kier alpha value is -2.83. The van der Waals surface area contributed by atoms with E-state index in [-0.39, 0.29) is 40.9 Å². The first-order valence-corrected chi connectivity index (χ1v) is 16.3. The van der Waals surface area contributed by atoms with Gasteiger partial charge in [0.15, 0.2) is 11.6 Å². The van der Waals surface area contributed by atoms with Gasteiger partial charge >= 0.3 is 0 Å². The molecule has 0 N–H and O–H groups in total. The van der Waals surface area contributed by atoms with Crippen LogP contribution in [-0.4, -0.2) is 50.0 Å². The molecule has 1 aromatic carbocycles. The number of hydrogen-bond acceptors (Lipinski definition) is 5. The molecule has 0 unspecified atom stereocenters. The van der Waals surface area contributed by atoms with Gasteiger partial charge in [0.25, 0.3) is 0 Å². The van der Waals surface area contributed by atoms with Crippen molar-refractivity contribution in [2.75, 3.05) is 0 Å². The number of rotatable bonds is 6. The van der Waals surface area contributed by atoms with E-state index in [4.69, 9.17) is 5.10 Å². The Labute approximate surface area is 250 Å². The third-order valence-corrected chi connectivity index (χ3v) is 10.4. The predicted molar refractivity (Wildman–Crippen MR) is 164 cm³/mol. The van der Waals surface area contributed by atoms with Crippen LogP contribution in [0.5, 0.6) is 0 Å². The van der Waals surface area contributed by atoms with E-state index in [9.17, 15) is 19.2 Å². The van der Waals surface area contributed by atoms with Crippen LogP contribution in [0, 0.1) is 16.7 Å². The fourth-order valence-corrected chi connectivity index (χ4v) is 7.61. The quantitative estimate of drug-likeness (QED) is 0.360. The van der Waals surface area contributed by atoms with Crippen molar-refractivity contribution in [3.05, 3.63) is 29.0 Å². The lowest BCUT2D eigenvalue weighted by Crippen LogP contribution is -2.44. The van der Waals surface area contributed by atoms with Crippen LogP contribution in [0.3, 0.4) is 0 Å². The molecule has 2 aromatic rings. The Morgan fingerprint density at radius 1 is 1.05 bits per heavy atom. The van der Waals surface area contributed by atoms with Crippen LogP contribution >= 0.6 is 0 Å². The van der Waals surface area contributed by atoms with Crippen molar-refractivity contribution in [2.45, 2.75) is 137 Å². The smallest absolute Gasteiger partial charge is 0.245 e. The van der Waals surface area contributed by atoms with E-state index >= 15 is 0 Å². The summed E-state index contributed by atoms with van der Waals surface area (Å²) >= 11 is 0. The van der Waals surface area contributed by atoms with Gasteiger partial charge in [-0.05, 0) is 79.9 Å². The van der Waals surface area contributed by atoms with Crippen LogP contribution in [0.25, 0.3) is 10.9 Å². The highest BCUT2D eigenvalue weighted by Crippen LogP contribution is 2.62. The van der Waals surface area contributed by atoms with Gasteiger partial charge in [-0.25, -0.2) is 0 Å². The predicted octanol–water partition coefficient (Wildman–Crippen LogP) is 6.66. The lowest BCUT2D eigenvalue weighted by Gasteiger charge is -2.27. The molecule has 1 aliphatic carbocycles. The summed E-state index contributed by atoms with van der Waals surface area (Å²) in [7, 11) is 0. The van der Waals surface area contributed by atoms with Gasteiger partial charge in [-0.2, -0.15) is 5.10 Å². The number of carbonyl (C=O) groups is 4. The zero-order valence-corrected chi connectivity index (χ0v) is 26.6. The van der Waals surface area contributed by atoms with Gasteiger partial charge in [0.05, 0.1) is 11.6 Å². The van der Waals surface area contributed by atoms with Crippen LogP contribution in [-0.2, 0) is 33.8 Å². The summed E-state index contributed by atoms with van der Waals surface area (Å²) in [5.74, 6) is 0.733. The van der Waals surface area contributed by atoms with Gasteiger partial charge < -0.3 is 4.90 Å². The maximum Gasteiger partial charge on any atom is 0.245 e. The Balaban J connectivity index is 1.57. The molecule has 7 heteroatoms. The fourth-order valence-electron chi connectivity index (χ4n) is 7.61. The van der Waals surface area contributed by atoms with E-state index in [0.717, 1.165) is 74.3 Å². The number of piperidine rings is 1. The molecule has 1 saturated heterocycles. The molecule has 2 aliphatic heterocycles. The molecule has 0 spiro atoms. The summed E-state index contributed by atoms with van der Waals surface area (Å²) in [4.78, 5) is 55.2. The summed E-state index contributed by atoms with van der Waals surface area (Å²) in [6, 6.07) is 3.91. The second-order valence-electron chi connectivity index (χ2n) is 14.4. The average molecular weight is 576 g/mol. The van der Waals surface area contributed by atoms with Crippen LogP contribution < -0.4 is 0 Å². The highest BCUT2D eigenvalue weighted by molar-refractivity contribution is 6.06. The summed E-state index contributed by atoms with van der Waals surface area (Å²) < 4.78 is 1.75. The molecule has 1 saturated carbocycles. The minimum absolute atomic E-state index is 0.00620. The minimum Gasteiger partial charge on any atom is -0.327 e. The van der Waals surface area contributed by atoms with Gasteiger partial charge in [0, 0.05) is 36.6 Å². The van der Waals surface area contributed by atoms with Crippen LogP contribution in [0.15, 0.2) is 12.1 Å². The molecule has 228 valence electrons. The van der Waals surface area contributed by atoms with Crippen molar-refractivity contribution in [3.63, 3.8) is 0 Å². The first-order valence-electron chi connectivity index (χ1n) is 16.3. The fraction of sp³-hybridized carbons (Fsp3) is 0.686. The zero-order valence-electron chi connectivity index (χ0n) is 26.6. The molecule has 3 aliphatic rings. The minimum atomic E-state index is -0.445. The lowest BCUT2D eigenvalue weighted by molar-refractivity contribution is -0.139. The Morgan fingerprint density at radius 2 is 1.81 bits per heavy atom. The van der Waals surface area contributed by atoms with Crippen LogP contribution in [0.1, 0.15) is 127 Å². The topological polar surface area (TPSA) is 89.3 Å². The average Bonchev–Trinajstić information content (AvgIpc) is 3.35. The first kappa shape index (κ1) is 30.6. The van der Waals surface area contributed by atoms with Crippen molar-refractivity contribution in [1.82, 2.24) is 14.7 Å². The summed E-state index contributed by atoms with van der Waals surface area (Å²) in [6.45, 7) is 12.0. The Kier molecular flexibility index (Phi) is 8.52. The van der Waals surface area contributed by atoms with E-state index in [2.05, 4.69) is 39.8 Å². The Bertz CT molecular complexity index is 1400. The van der Waals surface area contributed by atoms with Crippen molar-refractivity contribution in [3.8, 4) is 0 Å². The van der Waals surface area contributed by atoms with Crippen LogP contribution in [0.4, 0.5) is 0 Å². The normalized spacial score (nSPS) is 26.4. The first-order chi connectivity index (χ1) is 19.9. The van der Waals surface area contributed by atoms with Crippen molar-refractivity contribution in [1.29, 1.82) is 0 Å². The number of ketones is 3. The zero-order chi connectivity index (χ0) is 30.4. The van der Waals surface area contributed by atoms with Gasteiger partial charge in [-0.3, -0.25) is 23.9 Å². The number of benzene rings is 1. The van der Waals surface area contributed by atoms with Gasteiger partial charge in [-0.1, -0.05) is 53.5 Å². The molecule has 0 radical (unpaired) electrons. The molecular formula is C35H49N3O4. The number of nitrogens with zero attached hydrogens (tertiary/aromatic N) is 3. The second-order valence-corrected chi connectivity index (χ2v) is 14.4. The molecule has 2 bridgehead atoms. The van der Waals surface area contributed by atoms with Crippen molar-refractivity contribution >= 4 is 34.2 Å². The van der Waals surface area contributed by atoms with Gasteiger partial charge in [0.1, 0.15) is 18.0 Å². The largest absolute Gasteiger partial charge is 0.327 e. The van der Waals surface area contributed by atoms with E-state index in [1.54, 1.807) is 11.6 Å². The second kappa shape index (κ2) is 11.7.